The van der Waals surface area contributed by atoms with Crippen molar-refractivity contribution >= 4 is 43.7 Å². The van der Waals surface area contributed by atoms with E-state index in [1.807, 2.05) is 110 Å². The average molecular weight is 798 g/mol. The van der Waals surface area contributed by atoms with Crippen LogP contribution in [0.25, 0.3) is 106 Å². The molecule has 0 spiro atoms. The van der Waals surface area contributed by atoms with Gasteiger partial charge in [0.25, 0.3) is 0 Å². The molecule has 0 amide bonds. The summed E-state index contributed by atoms with van der Waals surface area (Å²) in [5, 5.41) is 3.98. The summed E-state index contributed by atoms with van der Waals surface area (Å²) in [5.41, 5.74) is 11.8. The quantitative estimate of drug-likeness (QED) is 0.168. The summed E-state index contributed by atoms with van der Waals surface area (Å²) in [6.45, 7) is 2.05. The lowest BCUT2D eigenvalue weighted by Gasteiger charge is -2.21. The Bertz CT molecular complexity index is 3380. The molecule has 0 aliphatic heterocycles. The zero-order chi connectivity index (χ0) is 41.2. The first kappa shape index (κ1) is 36.3. The first-order valence-electron chi connectivity index (χ1n) is 20.1. The van der Waals surface area contributed by atoms with E-state index in [2.05, 4.69) is 65.2 Å². The molecule has 4 nitrogen and oxygen atoms in total. The third-order valence-corrected chi connectivity index (χ3v) is 11.5. The molecule has 61 heavy (non-hydrogen) atoms. The van der Waals surface area contributed by atoms with Gasteiger partial charge in [0.1, 0.15) is 11.2 Å². The van der Waals surface area contributed by atoms with E-state index >= 15 is 0 Å². The van der Waals surface area contributed by atoms with Crippen molar-refractivity contribution in [2.45, 2.75) is 13.1 Å². The molecule has 7 heteroatoms. The topological polar surface area (TPSA) is 43.9 Å². The number of nitrogens with zero attached hydrogens (tertiary/aromatic N) is 3. The number of aryl methyl sites for hydroxylation is 1. The van der Waals surface area contributed by atoms with Gasteiger partial charge in [-0.1, -0.05) is 139 Å². The number of para-hydroxylation sites is 2. The fourth-order valence-electron chi connectivity index (χ4n) is 8.58. The van der Waals surface area contributed by atoms with Crippen LogP contribution in [0.1, 0.15) is 11.1 Å². The molecule has 0 saturated carbocycles. The maximum absolute atomic E-state index is 14.1. The number of rotatable bonds is 6. The largest absolute Gasteiger partial charge is 0.455 e. The number of furan rings is 1. The van der Waals surface area contributed by atoms with Crippen LogP contribution in [0.4, 0.5) is 13.2 Å². The molecule has 0 aliphatic carbocycles. The van der Waals surface area contributed by atoms with Gasteiger partial charge < -0.3 is 8.98 Å². The van der Waals surface area contributed by atoms with Crippen molar-refractivity contribution in [2.24, 2.45) is 0 Å². The molecular formula is C54H34F3N3O. The highest BCUT2D eigenvalue weighted by atomic mass is 19.4. The van der Waals surface area contributed by atoms with Gasteiger partial charge in [0.05, 0.1) is 39.1 Å². The van der Waals surface area contributed by atoms with Crippen LogP contribution >= 0.6 is 0 Å². The molecule has 8 aromatic carbocycles. The number of fused-ring (bicyclic) bond motifs is 7. The number of hydrogen-bond acceptors (Lipinski definition) is 3. The van der Waals surface area contributed by atoms with Crippen LogP contribution in [0.5, 0.6) is 0 Å². The predicted octanol–water partition coefficient (Wildman–Crippen LogP) is 15.1. The Morgan fingerprint density at radius 2 is 1.03 bits per heavy atom. The Balaban J connectivity index is 1.27. The fourth-order valence-corrected chi connectivity index (χ4v) is 8.58. The number of aromatic nitrogens is 3. The molecule has 0 N–H and O–H groups in total. The Morgan fingerprint density at radius 3 is 1.66 bits per heavy atom. The second-order valence-corrected chi connectivity index (χ2v) is 15.3. The minimum Gasteiger partial charge on any atom is -0.455 e. The summed E-state index contributed by atoms with van der Waals surface area (Å²) in [6, 6.07) is 60.4. The van der Waals surface area contributed by atoms with Crippen LogP contribution in [0, 0.1) is 6.92 Å². The molecule has 11 rings (SSSR count). The van der Waals surface area contributed by atoms with E-state index in [4.69, 9.17) is 14.4 Å². The number of halogens is 3. The monoisotopic (exact) mass is 797 g/mol. The first-order valence-corrected chi connectivity index (χ1v) is 20.1. The van der Waals surface area contributed by atoms with Gasteiger partial charge in [-0.2, -0.15) is 13.2 Å². The minimum atomic E-state index is -4.50. The van der Waals surface area contributed by atoms with E-state index in [9.17, 15) is 13.2 Å². The lowest BCUT2D eigenvalue weighted by Crippen LogP contribution is -2.05. The molecule has 0 aliphatic rings. The van der Waals surface area contributed by atoms with Gasteiger partial charge in [0.15, 0.2) is 5.82 Å². The smallest absolute Gasteiger partial charge is 0.416 e. The second kappa shape index (κ2) is 14.2. The van der Waals surface area contributed by atoms with Crippen LogP contribution in [0.15, 0.2) is 192 Å². The highest BCUT2D eigenvalue weighted by molar-refractivity contribution is 6.24. The number of alkyl halides is 3. The van der Waals surface area contributed by atoms with Crippen molar-refractivity contribution in [1.29, 1.82) is 0 Å². The molecule has 0 radical (unpaired) electrons. The van der Waals surface area contributed by atoms with Crippen molar-refractivity contribution in [3.05, 3.63) is 199 Å². The normalized spacial score (nSPS) is 11.9. The molecule has 292 valence electrons. The summed E-state index contributed by atoms with van der Waals surface area (Å²) < 4.78 is 51.2. The molecule has 0 fully saturated rings. The molecular weight excluding hydrogens is 764 g/mol. The maximum Gasteiger partial charge on any atom is 0.416 e. The van der Waals surface area contributed by atoms with Crippen LogP contribution in [0.3, 0.4) is 0 Å². The van der Waals surface area contributed by atoms with Gasteiger partial charge in [0.2, 0.25) is 0 Å². The van der Waals surface area contributed by atoms with Gasteiger partial charge in [-0.3, -0.25) is 0 Å². The highest BCUT2D eigenvalue weighted by Crippen LogP contribution is 2.46. The van der Waals surface area contributed by atoms with E-state index in [0.717, 1.165) is 101 Å². The van der Waals surface area contributed by atoms with Gasteiger partial charge in [-0.25, -0.2) is 9.97 Å². The third kappa shape index (κ3) is 6.25. The maximum atomic E-state index is 14.1. The number of benzene rings is 8. The zero-order valence-electron chi connectivity index (χ0n) is 32.8. The highest BCUT2D eigenvalue weighted by Gasteiger charge is 2.31. The molecule has 3 aromatic heterocycles. The number of hydrogen-bond donors (Lipinski definition) is 0. The van der Waals surface area contributed by atoms with E-state index in [0.29, 0.717) is 22.5 Å². The molecule has 3 heterocycles. The summed E-state index contributed by atoms with van der Waals surface area (Å²) in [5.74, 6) is 0.486. The Hall–Kier alpha value is -7.77. The first-order chi connectivity index (χ1) is 29.8. The molecule has 11 aromatic rings. The predicted molar refractivity (Wildman–Crippen MR) is 241 cm³/mol. The van der Waals surface area contributed by atoms with Crippen LogP contribution in [0.2, 0.25) is 0 Å². The Labute approximate surface area is 348 Å². The van der Waals surface area contributed by atoms with Crippen LogP contribution in [-0.4, -0.2) is 14.5 Å². The minimum absolute atomic E-state index is 0.486. The summed E-state index contributed by atoms with van der Waals surface area (Å²) >= 11 is 0. The molecule has 0 unspecified atom stereocenters. The van der Waals surface area contributed by atoms with E-state index < -0.39 is 11.7 Å². The van der Waals surface area contributed by atoms with Crippen LogP contribution in [-0.2, 0) is 6.18 Å². The van der Waals surface area contributed by atoms with Crippen molar-refractivity contribution in [1.82, 2.24) is 14.5 Å². The van der Waals surface area contributed by atoms with Crippen molar-refractivity contribution < 1.29 is 17.6 Å². The van der Waals surface area contributed by atoms with Crippen molar-refractivity contribution in [3.8, 4) is 61.8 Å². The van der Waals surface area contributed by atoms with E-state index in [1.54, 1.807) is 12.1 Å². The standard InChI is InChI=1S/C54H34F3N3O/c1-33-20-22-34(23-21-33)43-30-38(53-58-45(36-12-4-2-5-13-36)32-46(59-53)37-14-6-3-7-15-37)31-44(35-24-26-39(27-25-35)54(55,56)57)51(43)60-47-18-10-8-17-42(47)50-48(60)29-28-41-40-16-9-11-19-49(40)61-52(41)50/h2-32H,1H3. The van der Waals surface area contributed by atoms with E-state index in [-0.39, 0.29) is 0 Å². The lowest BCUT2D eigenvalue weighted by molar-refractivity contribution is -0.137. The third-order valence-electron chi connectivity index (χ3n) is 11.5. The van der Waals surface area contributed by atoms with Gasteiger partial charge in [-0.05, 0) is 72.6 Å². The average Bonchev–Trinajstić information content (AvgIpc) is 3.85. The van der Waals surface area contributed by atoms with E-state index in [1.165, 1.54) is 0 Å². The van der Waals surface area contributed by atoms with Gasteiger partial charge in [-0.15, -0.1) is 0 Å². The molecule has 0 atom stereocenters. The van der Waals surface area contributed by atoms with Crippen molar-refractivity contribution in [3.63, 3.8) is 0 Å². The Morgan fingerprint density at radius 1 is 0.475 bits per heavy atom. The lowest BCUT2D eigenvalue weighted by atomic mass is 9.91. The van der Waals surface area contributed by atoms with Gasteiger partial charge in [0, 0.05) is 44.0 Å². The second-order valence-electron chi connectivity index (χ2n) is 15.3. The fraction of sp³-hybridized carbons (Fsp3) is 0.0370. The molecule has 0 bridgehead atoms. The van der Waals surface area contributed by atoms with Crippen LogP contribution < -0.4 is 0 Å². The Kier molecular flexibility index (Phi) is 8.46. The SMILES string of the molecule is Cc1ccc(-c2cc(-c3nc(-c4ccccc4)cc(-c4ccccc4)n3)cc(-c3ccc(C(F)(F)F)cc3)c2-n2c3ccccc3c3c4oc5ccccc5c4ccc32)cc1. The summed E-state index contributed by atoms with van der Waals surface area (Å²) in [7, 11) is 0. The van der Waals surface area contributed by atoms with Gasteiger partial charge >= 0.3 is 6.18 Å². The molecule has 0 saturated heterocycles. The van der Waals surface area contributed by atoms with Crippen molar-refractivity contribution in [2.75, 3.05) is 0 Å². The summed E-state index contributed by atoms with van der Waals surface area (Å²) in [6.07, 6.45) is -4.50. The summed E-state index contributed by atoms with van der Waals surface area (Å²) in [4.78, 5) is 10.4. The zero-order valence-corrected chi connectivity index (χ0v) is 32.8.